The van der Waals surface area contributed by atoms with Gasteiger partial charge in [0, 0.05) is 51.7 Å². The first kappa shape index (κ1) is 26.1. The lowest BCUT2D eigenvalue weighted by atomic mass is 10.1. The van der Waals surface area contributed by atoms with Crippen LogP contribution in [0.25, 0.3) is 0 Å². The minimum absolute atomic E-state index is 0. The van der Waals surface area contributed by atoms with Gasteiger partial charge in [0.15, 0.2) is 5.96 Å². The van der Waals surface area contributed by atoms with E-state index in [9.17, 15) is 4.79 Å². The van der Waals surface area contributed by atoms with Crippen molar-refractivity contribution in [3.63, 3.8) is 0 Å². The second kappa shape index (κ2) is 14.1. The molecule has 1 fully saturated rings. The topological polar surface area (TPSA) is 86.6 Å². The van der Waals surface area contributed by atoms with Gasteiger partial charge in [-0.1, -0.05) is 37.3 Å². The molecule has 0 radical (unpaired) electrons. The van der Waals surface area contributed by atoms with Crippen LogP contribution in [0, 0.1) is 0 Å². The van der Waals surface area contributed by atoms with E-state index in [1.54, 1.807) is 7.05 Å². The number of nitrogens with zero attached hydrogens (tertiary/aromatic N) is 4. The van der Waals surface area contributed by atoms with Gasteiger partial charge in [-0.3, -0.25) is 14.7 Å². The summed E-state index contributed by atoms with van der Waals surface area (Å²) in [6.45, 7) is 6.54. The van der Waals surface area contributed by atoms with Crippen molar-refractivity contribution in [1.29, 1.82) is 0 Å². The SMILES string of the molecule is CCCNC(=O)CN1CCC(NC(=NC)NCc2nccn2Cc2ccccc2)CC1.I. The molecule has 8 nitrogen and oxygen atoms in total. The molecular weight excluding hydrogens is 517 g/mol. The van der Waals surface area contributed by atoms with Gasteiger partial charge in [-0.05, 0) is 24.8 Å². The van der Waals surface area contributed by atoms with E-state index >= 15 is 0 Å². The van der Waals surface area contributed by atoms with Crippen molar-refractivity contribution in [2.24, 2.45) is 4.99 Å². The lowest BCUT2D eigenvalue weighted by molar-refractivity contribution is -0.122. The van der Waals surface area contributed by atoms with E-state index in [2.05, 4.69) is 66.6 Å². The van der Waals surface area contributed by atoms with Gasteiger partial charge in [0.1, 0.15) is 5.82 Å². The molecule has 3 N–H and O–H groups in total. The van der Waals surface area contributed by atoms with E-state index in [4.69, 9.17) is 0 Å². The van der Waals surface area contributed by atoms with Gasteiger partial charge in [0.05, 0.1) is 13.1 Å². The number of imidazole rings is 1. The fourth-order valence-corrected chi connectivity index (χ4v) is 3.74. The third kappa shape index (κ3) is 8.42. The maximum absolute atomic E-state index is 11.9. The molecule has 1 amide bonds. The smallest absolute Gasteiger partial charge is 0.234 e. The molecule has 176 valence electrons. The quantitative estimate of drug-likeness (QED) is 0.252. The number of halogens is 1. The molecular formula is C23H36IN7O. The summed E-state index contributed by atoms with van der Waals surface area (Å²) in [7, 11) is 1.79. The van der Waals surface area contributed by atoms with E-state index in [0.29, 0.717) is 19.1 Å². The third-order valence-electron chi connectivity index (χ3n) is 5.50. The predicted molar refractivity (Wildman–Crippen MR) is 139 cm³/mol. The predicted octanol–water partition coefficient (Wildman–Crippen LogP) is 2.21. The lowest BCUT2D eigenvalue weighted by Crippen LogP contribution is -2.50. The van der Waals surface area contributed by atoms with E-state index in [1.165, 1.54) is 5.56 Å². The van der Waals surface area contributed by atoms with Crippen LogP contribution < -0.4 is 16.0 Å². The molecule has 9 heteroatoms. The molecule has 2 aromatic rings. The van der Waals surface area contributed by atoms with Crippen molar-refractivity contribution in [1.82, 2.24) is 30.4 Å². The standard InChI is InChI=1S/C23H35N7O.HI/c1-3-11-26-22(31)18-29-13-9-20(10-14-29)28-23(24-2)27-16-21-25-12-15-30(21)17-19-7-5-4-6-8-19;/h4-8,12,15,20H,3,9-11,13-14,16-18H2,1-2H3,(H,26,31)(H2,24,27,28);1H. The molecule has 0 aliphatic carbocycles. The second-order valence-corrected chi connectivity index (χ2v) is 7.93. The Balaban J connectivity index is 0.00000363. The van der Waals surface area contributed by atoms with Crippen molar-refractivity contribution >= 4 is 35.8 Å². The highest BCUT2D eigenvalue weighted by Crippen LogP contribution is 2.10. The zero-order chi connectivity index (χ0) is 21.9. The molecule has 0 bridgehead atoms. The number of carbonyl (C=O) groups excluding carboxylic acids is 1. The van der Waals surface area contributed by atoms with Crippen LogP contribution >= 0.6 is 24.0 Å². The summed E-state index contributed by atoms with van der Waals surface area (Å²) in [5, 5.41) is 9.86. The van der Waals surface area contributed by atoms with Crippen LogP contribution in [-0.2, 0) is 17.9 Å². The van der Waals surface area contributed by atoms with Gasteiger partial charge in [-0.2, -0.15) is 0 Å². The molecule has 1 aliphatic rings. The van der Waals surface area contributed by atoms with Crippen LogP contribution in [0.3, 0.4) is 0 Å². The Hall–Kier alpha value is -2.14. The van der Waals surface area contributed by atoms with E-state index in [0.717, 1.165) is 57.2 Å². The summed E-state index contributed by atoms with van der Waals surface area (Å²) in [4.78, 5) is 23.0. The molecule has 32 heavy (non-hydrogen) atoms. The van der Waals surface area contributed by atoms with Crippen LogP contribution in [0.4, 0.5) is 0 Å². The van der Waals surface area contributed by atoms with Gasteiger partial charge in [-0.25, -0.2) is 4.98 Å². The van der Waals surface area contributed by atoms with Crippen LogP contribution in [0.15, 0.2) is 47.7 Å². The number of benzene rings is 1. The van der Waals surface area contributed by atoms with Crippen molar-refractivity contribution in [3.8, 4) is 0 Å². The summed E-state index contributed by atoms with van der Waals surface area (Å²) in [5.41, 5.74) is 1.25. The highest BCUT2D eigenvalue weighted by atomic mass is 127. The summed E-state index contributed by atoms with van der Waals surface area (Å²) >= 11 is 0. The summed E-state index contributed by atoms with van der Waals surface area (Å²) < 4.78 is 2.15. The fraction of sp³-hybridized carbons (Fsp3) is 0.522. The maximum Gasteiger partial charge on any atom is 0.234 e. The number of carbonyl (C=O) groups is 1. The molecule has 0 saturated carbocycles. The Labute approximate surface area is 208 Å². The first-order chi connectivity index (χ1) is 15.2. The van der Waals surface area contributed by atoms with Crippen LogP contribution in [0.1, 0.15) is 37.6 Å². The normalized spacial score (nSPS) is 15.1. The Morgan fingerprint density at radius 1 is 1.19 bits per heavy atom. The Kier molecular flexibility index (Phi) is 11.5. The second-order valence-electron chi connectivity index (χ2n) is 7.93. The van der Waals surface area contributed by atoms with E-state index in [-0.39, 0.29) is 29.9 Å². The van der Waals surface area contributed by atoms with Crippen LogP contribution in [0.2, 0.25) is 0 Å². The van der Waals surface area contributed by atoms with Crippen LogP contribution in [-0.4, -0.2) is 65.6 Å². The van der Waals surface area contributed by atoms with Gasteiger partial charge in [0.2, 0.25) is 5.91 Å². The van der Waals surface area contributed by atoms with Gasteiger partial charge < -0.3 is 20.5 Å². The number of rotatable bonds is 9. The van der Waals surface area contributed by atoms with Gasteiger partial charge in [-0.15, -0.1) is 24.0 Å². The number of piperidine rings is 1. The number of aliphatic imine (C=N–C) groups is 1. The van der Waals surface area contributed by atoms with Gasteiger partial charge in [0.25, 0.3) is 0 Å². The van der Waals surface area contributed by atoms with E-state index < -0.39 is 0 Å². The number of likely N-dealkylation sites (tertiary alicyclic amines) is 1. The number of hydrogen-bond acceptors (Lipinski definition) is 4. The number of hydrogen-bond donors (Lipinski definition) is 3. The Morgan fingerprint density at radius 3 is 2.62 bits per heavy atom. The summed E-state index contributed by atoms with van der Waals surface area (Å²) in [6, 6.07) is 10.7. The average Bonchev–Trinajstić information content (AvgIpc) is 3.24. The largest absolute Gasteiger partial charge is 0.355 e. The zero-order valence-corrected chi connectivity index (χ0v) is 21.4. The van der Waals surface area contributed by atoms with Gasteiger partial charge >= 0.3 is 0 Å². The summed E-state index contributed by atoms with van der Waals surface area (Å²) in [5.74, 6) is 1.88. The molecule has 2 heterocycles. The monoisotopic (exact) mass is 553 g/mol. The number of amides is 1. The van der Waals surface area contributed by atoms with Crippen molar-refractivity contribution in [2.45, 2.75) is 45.3 Å². The van der Waals surface area contributed by atoms with Crippen LogP contribution in [0.5, 0.6) is 0 Å². The molecule has 3 rings (SSSR count). The number of nitrogens with one attached hydrogen (secondary N) is 3. The zero-order valence-electron chi connectivity index (χ0n) is 19.1. The maximum atomic E-state index is 11.9. The molecule has 0 unspecified atom stereocenters. The molecule has 1 aliphatic heterocycles. The highest BCUT2D eigenvalue weighted by molar-refractivity contribution is 14.0. The lowest BCUT2D eigenvalue weighted by Gasteiger charge is -2.32. The Bertz CT molecular complexity index is 832. The van der Waals surface area contributed by atoms with Crippen molar-refractivity contribution < 1.29 is 4.79 Å². The number of guanidine groups is 1. The van der Waals surface area contributed by atoms with Crippen molar-refractivity contribution in [2.75, 3.05) is 33.2 Å². The average molecular weight is 553 g/mol. The van der Waals surface area contributed by atoms with Crippen molar-refractivity contribution in [3.05, 3.63) is 54.1 Å². The highest BCUT2D eigenvalue weighted by Gasteiger charge is 2.21. The molecule has 0 atom stereocenters. The Morgan fingerprint density at radius 2 is 1.94 bits per heavy atom. The van der Waals surface area contributed by atoms with E-state index in [1.807, 2.05) is 18.5 Å². The number of aromatic nitrogens is 2. The molecule has 1 aromatic carbocycles. The minimum Gasteiger partial charge on any atom is -0.355 e. The minimum atomic E-state index is 0. The first-order valence-electron chi connectivity index (χ1n) is 11.2. The third-order valence-corrected chi connectivity index (χ3v) is 5.50. The summed E-state index contributed by atoms with van der Waals surface area (Å²) in [6.07, 6.45) is 6.79. The molecule has 1 aromatic heterocycles. The molecule has 0 spiro atoms. The fourth-order valence-electron chi connectivity index (χ4n) is 3.74. The first-order valence-corrected chi connectivity index (χ1v) is 11.2. The molecule has 1 saturated heterocycles.